The number of hydrogen-bond acceptors (Lipinski definition) is 8. The van der Waals surface area contributed by atoms with Gasteiger partial charge in [-0.3, -0.25) is 9.59 Å². The van der Waals surface area contributed by atoms with E-state index in [0.29, 0.717) is 44.3 Å². The van der Waals surface area contributed by atoms with Gasteiger partial charge in [0.1, 0.15) is 30.0 Å². The van der Waals surface area contributed by atoms with Gasteiger partial charge in [0.15, 0.2) is 0 Å². The van der Waals surface area contributed by atoms with Crippen LogP contribution in [0.2, 0.25) is 0 Å². The molecule has 2 fully saturated rings. The number of carbonyl (C=O) groups is 3. The lowest BCUT2D eigenvalue weighted by atomic mass is 9.92. The number of methoxy groups -OCH3 is 1. The fourth-order valence-electron chi connectivity index (χ4n) is 8.63. The minimum Gasteiger partial charge on any atom is -0.488 e. The van der Waals surface area contributed by atoms with E-state index in [0.717, 1.165) is 80.7 Å². The third-order valence-corrected chi connectivity index (χ3v) is 11.4. The molecular weight excluding hydrogens is 711 g/mol. The number of aromatic nitrogens is 4. The molecule has 8 rings (SSSR count). The number of nitrogens with zero attached hydrogens (tertiary/aromatic N) is 4. The molecule has 3 aliphatic heterocycles. The third kappa shape index (κ3) is 6.97. The molecule has 2 aromatic heterocycles. The molecule has 3 aromatic carbocycles. The Labute approximate surface area is 326 Å². The SMILES string of the molecule is CCO[C@H]1C[C@@H](c2nc3c(ccc4cc5c(cc43)OCc3cc(-c4cnc([C@@H]6CCCN6C(=O)CC(C)C)[nH]4)ccc3-5)[nH]2)N(C(=O)[C@@H](NC(=O)OC)C(C)C)C1. The van der Waals surface area contributed by atoms with Crippen LogP contribution in [-0.2, 0) is 25.7 Å². The van der Waals surface area contributed by atoms with Crippen molar-refractivity contribution in [3.8, 4) is 28.1 Å². The number of likely N-dealkylation sites (tertiary alicyclic amines) is 2. The van der Waals surface area contributed by atoms with Crippen molar-refractivity contribution in [1.82, 2.24) is 35.1 Å². The number of aromatic amines is 2. The normalized spacial score (nSPS) is 19.8. The van der Waals surface area contributed by atoms with Crippen molar-refractivity contribution in [2.24, 2.45) is 11.8 Å². The summed E-state index contributed by atoms with van der Waals surface area (Å²) in [6.07, 6.45) is 4.08. The van der Waals surface area contributed by atoms with Crippen molar-refractivity contribution in [1.29, 1.82) is 0 Å². The molecule has 2 saturated heterocycles. The lowest BCUT2D eigenvalue weighted by molar-refractivity contribution is -0.136. The van der Waals surface area contributed by atoms with Gasteiger partial charge >= 0.3 is 6.09 Å². The van der Waals surface area contributed by atoms with Gasteiger partial charge in [-0.1, -0.05) is 45.9 Å². The molecule has 0 unspecified atom stereocenters. The predicted molar refractivity (Wildman–Crippen MR) is 213 cm³/mol. The number of alkyl carbamates (subject to hydrolysis) is 1. The van der Waals surface area contributed by atoms with Crippen LogP contribution in [0.25, 0.3) is 44.2 Å². The van der Waals surface area contributed by atoms with Gasteiger partial charge in [-0.15, -0.1) is 0 Å². The van der Waals surface area contributed by atoms with Crippen LogP contribution in [0.1, 0.15) is 89.6 Å². The van der Waals surface area contributed by atoms with Gasteiger partial charge < -0.3 is 39.3 Å². The second-order valence-electron chi connectivity index (χ2n) is 16.0. The van der Waals surface area contributed by atoms with Crippen LogP contribution in [0.3, 0.4) is 0 Å². The van der Waals surface area contributed by atoms with E-state index in [2.05, 4.69) is 65.5 Å². The number of hydrogen-bond donors (Lipinski definition) is 3. The van der Waals surface area contributed by atoms with Crippen molar-refractivity contribution in [2.75, 3.05) is 26.8 Å². The van der Waals surface area contributed by atoms with Gasteiger partial charge in [0.05, 0.1) is 48.2 Å². The molecule has 5 heterocycles. The van der Waals surface area contributed by atoms with E-state index in [-0.39, 0.29) is 35.9 Å². The smallest absolute Gasteiger partial charge is 0.407 e. The number of rotatable bonds is 10. The molecule has 0 saturated carbocycles. The number of amides is 3. The van der Waals surface area contributed by atoms with Crippen LogP contribution in [-0.4, -0.2) is 86.6 Å². The maximum absolute atomic E-state index is 14.0. The Hall–Kier alpha value is -5.43. The van der Waals surface area contributed by atoms with Gasteiger partial charge in [0.25, 0.3) is 0 Å². The summed E-state index contributed by atoms with van der Waals surface area (Å²) in [6.45, 7) is 12.0. The number of ether oxygens (including phenoxy) is 3. The van der Waals surface area contributed by atoms with Crippen LogP contribution >= 0.6 is 0 Å². The monoisotopic (exact) mass is 761 g/mol. The molecule has 294 valence electrons. The van der Waals surface area contributed by atoms with E-state index in [1.807, 2.05) is 37.9 Å². The van der Waals surface area contributed by atoms with Gasteiger partial charge in [0.2, 0.25) is 11.8 Å². The highest BCUT2D eigenvalue weighted by molar-refractivity contribution is 6.07. The van der Waals surface area contributed by atoms with E-state index >= 15 is 0 Å². The van der Waals surface area contributed by atoms with Gasteiger partial charge in [-0.25, -0.2) is 14.8 Å². The Morgan fingerprint density at radius 2 is 1.84 bits per heavy atom. The fraction of sp³-hybridized carbons (Fsp3) is 0.465. The molecular formula is C43H51N7O6. The Morgan fingerprint density at radius 1 is 1.00 bits per heavy atom. The summed E-state index contributed by atoms with van der Waals surface area (Å²) in [5.74, 6) is 2.45. The standard InChI is InChI=1S/C43H51N7O6/c1-7-55-28-18-35(50(21-28)42(52)38(24(4)5)48-43(53)54-6)41-45-32-13-11-25-17-31-29-12-10-26(16-27(29)22-56-36(31)19-30(25)39(32)47-41)33-20-44-40(46-33)34-9-8-14-49(34)37(51)15-23(2)3/h10-13,16-17,19-20,23-24,28,34-35,38H,7-9,14-15,18,21-22H2,1-6H3,(H,44,46)(H,45,47)(H,48,53)/t28-,34-,35-,38-/m0/s1. The first-order valence-corrected chi connectivity index (χ1v) is 19.9. The number of benzene rings is 3. The molecule has 3 aliphatic rings. The number of imidazole rings is 2. The molecule has 0 bridgehead atoms. The van der Waals surface area contributed by atoms with Gasteiger partial charge in [-0.2, -0.15) is 0 Å². The van der Waals surface area contributed by atoms with E-state index < -0.39 is 12.1 Å². The van der Waals surface area contributed by atoms with Crippen LogP contribution in [0, 0.1) is 11.8 Å². The van der Waals surface area contributed by atoms with Crippen LogP contribution < -0.4 is 10.1 Å². The van der Waals surface area contributed by atoms with Crippen molar-refractivity contribution in [3.63, 3.8) is 0 Å². The zero-order valence-corrected chi connectivity index (χ0v) is 33.0. The van der Waals surface area contributed by atoms with Crippen molar-refractivity contribution >= 4 is 39.7 Å². The molecule has 13 nitrogen and oxygen atoms in total. The molecule has 0 spiro atoms. The fourth-order valence-corrected chi connectivity index (χ4v) is 8.63. The summed E-state index contributed by atoms with van der Waals surface area (Å²) in [5.41, 5.74) is 6.81. The average Bonchev–Trinajstić information content (AvgIpc) is 4.01. The van der Waals surface area contributed by atoms with Gasteiger partial charge in [-0.05, 0) is 77.9 Å². The van der Waals surface area contributed by atoms with Crippen LogP contribution in [0.4, 0.5) is 4.79 Å². The zero-order chi connectivity index (χ0) is 39.2. The lowest BCUT2D eigenvalue weighted by Crippen LogP contribution is -2.51. The third-order valence-electron chi connectivity index (χ3n) is 11.4. The van der Waals surface area contributed by atoms with Crippen LogP contribution in [0.15, 0.2) is 48.7 Å². The molecule has 4 atom stereocenters. The first kappa shape index (κ1) is 37.5. The quantitative estimate of drug-likeness (QED) is 0.133. The summed E-state index contributed by atoms with van der Waals surface area (Å²) in [4.78, 5) is 59.8. The number of nitrogens with one attached hydrogen (secondary N) is 3. The highest BCUT2D eigenvalue weighted by atomic mass is 16.5. The summed E-state index contributed by atoms with van der Waals surface area (Å²) >= 11 is 0. The second-order valence-corrected chi connectivity index (χ2v) is 16.0. The number of fused-ring (bicyclic) bond motifs is 6. The summed E-state index contributed by atoms with van der Waals surface area (Å²) in [6, 6.07) is 13.6. The van der Waals surface area contributed by atoms with Crippen molar-refractivity contribution < 1.29 is 28.6 Å². The van der Waals surface area contributed by atoms with E-state index in [1.165, 1.54) is 7.11 Å². The van der Waals surface area contributed by atoms with E-state index in [4.69, 9.17) is 24.2 Å². The molecule has 13 heteroatoms. The maximum atomic E-state index is 14.0. The molecule has 0 aliphatic carbocycles. The first-order chi connectivity index (χ1) is 27.0. The average molecular weight is 762 g/mol. The molecule has 0 radical (unpaired) electrons. The highest BCUT2D eigenvalue weighted by Gasteiger charge is 2.42. The Morgan fingerprint density at radius 3 is 2.61 bits per heavy atom. The zero-order valence-electron chi connectivity index (χ0n) is 33.0. The van der Waals surface area contributed by atoms with E-state index in [1.54, 1.807) is 4.90 Å². The minimum atomic E-state index is -0.760. The van der Waals surface area contributed by atoms with Crippen molar-refractivity contribution in [2.45, 2.75) is 91.1 Å². The summed E-state index contributed by atoms with van der Waals surface area (Å²) in [5, 5.41) is 4.70. The maximum Gasteiger partial charge on any atom is 0.407 e. The molecule has 56 heavy (non-hydrogen) atoms. The van der Waals surface area contributed by atoms with Gasteiger partial charge in [0, 0.05) is 43.5 Å². The molecule has 3 amide bonds. The minimum absolute atomic E-state index is 0.0210. The summed E-state index contributed by atoms with van der Waals surface area (Å²) < 4.78 is 17.3. The van der Waals surface area contributed by atoms with Crippen LogP contribution in [0.5, 0.6) is 5.75 Å². The lowest BCUT2D eigenvalue weighted by Gasteiger charge is -2.29. The first-order valence-electron chi connectivity index (χ1n) is 19.9. The highest BCUT2D eigenvalue weighted by Crippen LogP contribution is 2.43. The topological polar surface area (TPSA) is 155 Å². The Balaban J connectivity index is 1.07. The van der Waals surface area contributed by atoms with Crippen molar-refractivity contribution in [3.05, 3.63) is 65.9 Å². The predicted octanol–water partition coefficient (Wildman–Crippen LogP) is 7.43. The largest absolute Gasteiger partial charge is 0.488 e. The Kier molecular flexibility index (Phi) is 10.2. The Bertz CT molecular complexity index is 2290. The number of carbonyl (C=O) groups excluding carboxylic acids is 3. The second kappa shape index (κ2) is 15.2. The summed E-state index contributed by atoms with van der Waals surface area (Å²) in [7, 11) is 1.29. The van der Waals surface area contributed by atoms with E-state index in [9.17, 15) is 14.4 Å². The molecule has 5 aromatic rings. The molecule has 3 N–H and O–H groups in total. The number of H-pyrrole nitrogens is 2.